The number of hydroxylamine groups is 1. The van der Waals surface area contributed by atoms with E-state index in [1.807, 2.05) is 0 Å². The van der Waals surface area contributed by atoms with Gasteiger partial charge in [0.05, 0.1) is 12.2 Å². The number of carbonyl (C=O) groups excluding carboxylic acids is 1. The smallest absolute Gasteiger partial charge is 0.358 e. The van der Waals surface area contributed by atoms with Gasteiger partial charge in [-0.05, 0) is 25.8 Å². The molecular formula is C15H20N2O5. The van der Waals surface area contributed by atoms with Crippen LogP contribution in [0.3, 0.4) is 0 Å². The maximum Gasteiger partial charge on any atom is 0.358 e. The highest BCUT2D eigenvalue weighted by Gasteiger charge is 2.19. The molecule has 1 aromatic heterocycles. The zero-order valence-corrected chi connectivity index (χ0v) is 12.5. The number of nitrogens with zero attached hydrogens (tertiary/aromatic N) is 1. The Kier molecular flexibility index (Phi) is 5.71. The number of carbonyl (C=O) groups is 2. The van der Waals surface area contributed by atoms with Crippen LogP contribution in [0, 0.1) is 0 Å². The summed E-state index contributed by atoms with van der Waals surface area (Å²) in [7, 11) is 0. The average molecular weight is 308 g/mol. The van der Waals surface area contributed by atoms with Gasteiger partial charge in [0.25, 0.3) is 0 Å². The minimum atomic E-state index is -1.20. The summed E-state index contributed by atoms with van der Waals surface area (Å²) in [6, 6.07) is 1.51. The highest BCUT2D eigenvalue weighted by molar-refractivity contribution is 5.93. The minimum Gasteiger partial charge on any atom is -0.491 e. The van der Waals surface area contributed by atoms with Gasteiger partial charge in [0, 0.05) is 12.2 Å². The van der Waals surface area contributed by atoms with Crippen LogP contribution < -0.4 is 10.2 Å². The normalized spacial score (nSPS) is 15.3. The van der Waals surface area contributed by atoms with E-state index >= 15 is 0 Å². The summed E-state index contributed by atoms with van der Waals surface area (Å²) in [5.74, 6) is -1.75. The molecule has 2 rings (SSSR count). The molecule has 0 spiro atoms. The lowest BCUT2D eigenvalue weighted by atomic mass is 9.96. The predicted octanol–water partition coefficient (Wildman–Crippen LogP) is 2.17. The van der Waals surface area contributed by atoms with Gasteiger partial charge in [0.2, 0.25) is 0 Å². The molecule has 2 N–H and O–H groups in total. The molecular weight excluding hydrogens is 288 g/mol. The molecule has 0 aliphatic heterocycles. The summed E-state index contributed by atoms with van der Waals surface area (Å²) >= 11 is 0. The van der Waals surface area contributed by atoms with Crippen molar-refractivity contribution < 1.29 is 24.3 Å². The van der Waals surface area contributed by atoms with Gasteiger partial charge in [0.1, 0.15) is 0 Å². The first-order valence-electron chi connectivity index (χ1n) is 7.44. The lowest BCUT2D eigenvalue weighted by molar-refractivity contribution is 0.0112. The van der Waals surface area contributed by atoms with E-state index in [1.54, 1.807) is 6.92 Å². The average Bonchev–Trinajstić information content (AvgIpc) is 2.53. The Morgan fingerprint density at radius 3 is 2.73 bits per heavy atom. The van der Waals surface area contributed by atoms with Crippen molar-refractivity contribution in [2.45, 2.75) is 45.1 Å². The monoisotopic (exact) mass is 308 g/mol. The van der Waals surface area contributed by atoms with Gasteiger partial charge in [-0.3, -0.25) is 0 Å². The number of hydrogen-bond acceptors (Lipinski definition) is 6. The number of ether oxygens (including phenoxy) is 1. The molecule has 1 fully saturated rings. The second-order valence-corrected chi connectivity index (χ2v) is 5.15. The van der Waals surface area contributed by atoms with E-state index < -0.39 is 11.9 Å². The van der Waals surface area contributed by atoms with Gasteiger partial charge < -0.3 is 14.7 Å². The Hall–Kier alpha value is -2.15. The summed E-state index contributed by atoms with van der Waals surface area (Å²) in [5, 5.41) is 9.02. The largest absolute Gasteiger partial charge is 0.491 e. The van der Waals surface area contributed by atoms with Crippen LogP contribution in [0.4, 0.5) is 0 Å². The van der Waals surface area contributed by atoms with Crippen LogP contribution in [0.5, 0.6) is 5.75 Å². The van der Waals surface area contributed by atoms with Crippen molar-refractivity contribution in [3.63, 3.8) is 0 Å². The second kappa shape index (κ2) is 7.74. The fourth-order valence-electron chi connectivity index (χ4n) is 2.40. The van der Waals surface area contributed by atoms with Crippen molar-refractivity contribution in [3.05, 3.63) is 23.5 Å². The van der Waals surface area contributed by atoms with Crippen LogP contribution in [-0.2, 0) is 4.84 Å². The van der Waals surface area contributed by atoms with Gasteiger partial charge in [-0.25, -0.2) is 14.6 Å². The maximum absolute atomic E-state index is 12.0. The van der Waals surface area contributed by atoms with Crippen molar-refractivity contribution in [2.75, 3.05) is 6.61 Å². The molecule has 1 aromatic rings. The fraction of sp³-hybridized carbons (Fsp3) is 0.533. The quantitative estimate of drug-likeness (QED) is 0.777. The van der Waals surface area contributed by atoms with E-state index in [-0.39, 0.29) is 29.7 Å². The highest BCUT2D eigenvalue weighted by atomic mass is 16.7. The number of aromatic nitrogens is 1. The molecule has 7 heteroatoms. The van der Waals surface area contributed by atoms with Crippen molar-refractivity contribution >= 4 is 11.9 Å². The molecule has 0 saturated heterocycles. The van der Waals surface area contributed by atoms with Gasteiger partial charge in [0.15, 0.2) is 11.4 Å². The first-order valence-corrected chi connectivity index (χ1v) is 7.44. The number of rotatable bonds is 6. The van der Waals surface area contributed by atoms with Gasteiger partial charge in [-0.15, -0.1) is 5.48 Å². The molecule has 1 heterocycles. The molecule has 0 atom stereocenters. The first kappa shape index (κ1) is 16.2. The second-order valence-electron chi connectivity index (χ2n) is 5.15. The summed E-state index contributed by atoms with van der Waals surface area (Å²) < 4.78 is 5.21. The van der Waals surface area contributed by atoms with E-state index in [0.29, 0.717) is 0 Å². The Morgan fingerprint density at radius 2 is 2.09 bits per heavy atom. The fourth-order valence-corrected chi connectivity index (χ4v) is 2.40. The number of nitrogens with one attached hydrogen (secondary N) is 1. The van der Waals surface area contributed by atoms with Gasteiger partial charge >= 0.3 is 11.9 Å². The van der Waals surface area contributed by atoms with Crippen LogP contribution in [0.1, 0.15) is 59.9 Å². The van der Waals surface area contributed by atoms with E-state index in [0.717, 1.165) is 25.7 Å². The Morgan fingerprint density at radius 1 is 1.36 bits per heavy atom. The zero-order valence-electron chi connectivity index (χ0n) is 12.5. The molecule has 1 aliphatic rings. The molecule has 1 saturated carbocycles. The minimum absolute atomic E-state index is 0.0575. The topological polar surface area (TPSA) is 97.8 Å². The van der Waals surface area contributed by atoms with Crippen molar-refractivity contribution in [1.29, 1.82) is 0 Å². The standard InChI is InChI=1S/C15H20N2O5/c1-2-21-12-8-10(9-16-13(12)14(18)19)15(20)22-17-11-6-4-3-5-7-11/h8-9,11,17H,2-7H2,1H3,(H,18,19). The van der Waals surface area contributed by atoms with Crippen LogP contribution in [0.2, 0.25) is 0 Å². The summed E-state index contributed by atoms with van der Waals surface area (Å²) in [5.41, 5.74) is 2.70. The molecule has 22 heavy (non-hydrogen) atoms. The van der Waals surface area contributed by atoms with Crippen molar-refractivity contribution in [1.82, 2.24) is 10.5 Å². The van der Waals surface area contributed by atoms with E-state index in [1.165, 1.54) is 18.7 Å². The molecule has 0 unspecified atom stereocenters. The molecule has 0 radical (unpaired) electrons. The SMILES string of the molecule is CCOc1cc(C(=O)ONC2CCCCC2)cnc1C(=O)O. The molecule has 0 aromatic carbocycles. The third-order valence-corrected chi connectivity index (χ3v) is 3.51. The predicted molar refractivity (Wildman–Crippen MR) is 77.8 cm³/mol. The number of hydrogen-bond donors (Lipinski definition) is 2. The zero-order chi connectivity index (χ0) is 15.9. The lowest BCUT2D eigenvalue weighted by Gasteiger charge is -2.21. The Labute approximate surface area is 128 Å². The molecule has 120 valence electrons. The number of carboxylic acid groups (broad SMARTS) is 1. The van der Waals surface area contributed by atoms with E-state index in [4.69, 9.17) is 14.7 Å². The summed E-state index contributed by atoms with van der Waals surface area (Å²) in [4.78, 5) is 31.9. The molecule has 7 nitrogen and oxygen atoms in total. The van der Waals surface area contributed by atoms with Crippen LogP contribution in [0.15, 0.2) is 12.3 Å². The third-order valence-electron chi connectivity index (χ3n) is 3.51. The summed E-state index contributed by atoms with van der Waals surface area (Å²) in [6.45, 7) is 2.00. The van der Waals surface area contributed by atoms with Crippen molar-refractivity contribution in [3.8, 4) is 5.75 Å². The molecule has 0 bridgehead atoms. The lowest BCUT2D eigenvalue weighted by Crippen LogP contribution is -2.33. The van der Waals surface area contributed by atoms with E-state index in [9.17, 15) is 9.59 Å². The van der Waals surface area contributed by atoms with E-state index in [2.05, 4.69) is 10.5 Å². The van der Waals surface area contributed by atoms with Gasteiger partial charge in [-0.2, -0.15) is 0 Å². The van der Waals surface area contributed by atoms with Crippen LogP contribution >= 0.6 is 0 Å². The highest BCUT2D eigenvalue weighted by Crippen LogP contribution is 2.20. The molecule has 0 amide bonds. The Balaban J connectivity index is 2.02. The number of aromatic carboxylic acids is 1. The first-order chi connectivity index (χ1) is 10.6. The van der Waals surface area contributed by atoms with Crippen molar-refractivity contribution in [2.24, 2.45) is 0 Å². The number of carboxylic acids is 1. The summed E-state index contributed by atoms with van der Waals surface area (Å²) in [6.07, 6.45) is 6.60. The number of pyridine rings is 1. The van der Waals surface area contributed by atoms with Crippen LogP contribution in [-0.4, -0.2) is 34.7 Å². The van der Waals surface area contributed by atoms with Gasteiger partial charge in [-0.1, -0.05) is 19.3 Å². The maximum atomic E-state index is 12.0. The molecule has 1 aliphatic carbocycles. The van der Waals surface area contributed by atoms with Crippen LogP contribution in [0.25, 0.3) is 0 Å². The Bertz CT molecular complexity index is 541. The third kappa shape index (κ3) is 4.17.